The lowest BCUT2D eigenvalue weighted by atomic mass is 10.1. The fourth-order valence-corrected chi connectivity index (χ4v) is 2.32. The summed E-state index contributed by atoms with van der Waals surface area (Å²) in [6, 6.07) is -0.157. The van der Waals surface area contributed by atoms with Gasteiger partial charge in [-0.1, -0.05) is 0 Å². The van der Waals surface area contributed by atoms with E-state index in [1.807, 2.05) is 27.7 Å². The third-order valence-electron chi connectivity index (χ3n) is 3.24. The van der Waals surface area contributed by atoms with Gasteiger partial charge in [0.1, 0.15) is 17.4 Å². The van der Waals surface area contributed by atoms with Crippen molar-refractivity contribution in [2.75, 3.05) is 6.54 Å². The van der Waals surface area contributed by atoms with Gasteiger partial charge >= 0.3 is 5.97 Å². The van der Waals surface area contributed by atoms with Crippen LogP contribution in [-0.4, -0.2) is 34.0 Å². The number of oxazole rings is 1. The number of likely N-dealkylation sites (tertiary alicyclic amines) is 1. The number of aryl methyl sites for hydroxylation is 1. The number of rotatable bonds is 3. The van der Waals surface area contributed by atoms with Crippen molar-refractivity contribution < 1.29 is 13.9 Å². The van der Waals surface area contributed by atoms with Gasteiger partial charge in [-0.25, -0.2) is 4.98 Å². The van der Waals surface area contributed by atoms with Crippen LogP contribution in [0.5, 0.6) is 0 Å². The van der Waals surface area contributed by atoms with Gasteiger partial charge in [0, 0.05) is 6.54 Å². The molecular weight excluding hydrogens is 244 g/mol. The van der Waals surface area contributed by atoms with Crippen LogP contribution in [0.2, 0.25) is 0 Å². The second-order valence-electron chi connectivity index (χ2n) is 6.02. The number of ether oxygens (including phenoxy) is 1. The highest BCUT2D eigenvalue weighted by Crippen LogP contribution is 2.23. The van der Waals surface area contributed by atoms with Crippen LogP contribution in [0.4, 0.5) is 0 Å². The first-order chi connectivity index (χ1) is 8.87. The molecule has 0 saturated carbocycles. The van der Waals surface area contributed by atoms with Gasteiger partial charge in [0.25, 0.3) is 0 Å². The Hall–Kier alpha value is -1.36. The molecule has 5 nitrogen and oxygen atoms in total. The Labute approximate surface area is 113 Å². The summed E-state index contributed by atoms with van der Waals surface area (Å²) in [6.45, 7) is 9.12. The van der Waals surface area contributed by atoms with E-state index in [-0.39, 0.29) is 12.0 Å². The summed E-state index contributed by atoms with van der Waals surface area (Å²) in [5.41, 5.74) is 0.463. The Morgan fingerprint density at radius 3 is 2.89 bits per heavy atom. The molecular formula is C14H22N2O3. The lowest BCUT2D eigenvalue weighted by molar-refractivity contribution is -0.160. The van der Waals surface area contributed by atoms with Crippen molar-refractivity contribution in [2.24, 2.45) is 0 Å². The van der Waals surface area contributed by atoms with Crippen molar-refractivity contribution in [1.29, 1.82) is 0 Å². The molecule has 0 radical (unpaired) electrons. The van der Waals surface area contributed by atoms with E-state index in [0.29, 0.717) is 6.54 Å². The number of carbonyl (C=O) groups excluding carboxylic acids is 1. The van der Waals surface area contributed by atoms with Gasteiger partial charge in [-0.05, 0) is 47.1 Å². The number of hydrogen-bond acceptors (Lipinski definition) is 5. The zero-order valence-corrected chi connectivity index (χ0v) is 12.1. The Morgan fingerprint density at radius 2 is 2.32 bits per heavy atom. The Balaban J connectivity index is 2.01. The minimum atomic E-state index is -0.435. The van der Waals surface area contributed by atoms with Gasteiger partial charge in [-0.3, -0.25) is 9.69 Å². The van der Waals surface area contributed by atoms with Crippen molar-refractivity contribution >= 4 is 5.97 Å². The molecule has 0 unspecified atom stereocenters. The molecule has 1 aromatic rings. The monoisotopic (exact) mass is 266 g/mol. The second kappa shape index (κ2) is 5.33. The lowest BCUT2D eigenvalue weighted by Gasteiger charge is -2.26. The smallest absolute Gasteiger partial charge is 0.323 e. The molecule has 0 spiro atoms. The van der Waals surface area contributed by atoms with Gasteiger partial charge in [-0.2, -0.15) is 0 Å². The van der Waals surface area contributed by atoms with E-state index in [0.717, 1.165) is 30.8 Å². The molecule has 2 heterocycles. The fourth-order valence-electron chi connectivity index (χ4n) is 2.32. The molecule has 0 N–H and O–H groups in total. The molecule has 1 saturated heterocycles. The maximum Gasteiger partial charge on any atom is 0.323 e. The van der Waals surface area contributed by atoms with Crippen molar-refractivity contribution in [3.63, 3.8) is 0 Å². The highest BCUT2D eigenvalue weighted by atomic mass is 16.6. The van der Waals surface area contributed by atoms with Crippen molar-refractivity contribution in [2.45, 2.75) is 58.7 Å². The van der Waals surface area contributed by atoms with Crippen LogP contribution in [0.1, 0.15) is 45.1 Å². The van der Waals surface area contributed by atoms with E-state index in [1.54, 1.807) is 0 Å². The minimum Gasteiger partial charge on any atom is -0.459 e. The SMILES string of the molecule is Cc1ocnc1CN1CCC[C@@H]1C(=O)OC(C)(C)C. The van der Waals surface area contributed by atoms with Gasteiger partial charge in [0.15, 0.2) is 6.39 Å². The molecule has 0 aromatic carbocycles. The molecule has 0 aliphatic carbocycles. The van der Waals surface area contributed by atoms with Gasteiger partial charge in [0.05, 0.1) is 5.69 Å². The summed E-state index contributed by atoms with van der Waals surface area (Å²) >= 11 is 0. The van der Waals surface area contributed by atoms with Crippen LogP contribution in [0.25, 0.3) is 0 Å². The summed E-state index contributed by atoms with van der Waals surface area (Å²) in [7, 11) is 0. The number of nitrogens with zero attached hydrogens (tertiary/aromatic N) is 2. The van der Waals surface area contributed by atoms with E-state index >= 15 is 0 Å². The predicted octanol–water partition coefficient (Wildman–Crippen LogP) is 2.29. The number of carbonyl (C=O) groups is 1. The molecule has 1 aliphatic rings. The molecule has 1 fully saturated rings. The van der Waals surface area contributed by atoms with Crippen LogP contribution in [0.3, 0.4) is 0 Å². The maximum atomic E-state index is 12.2. The minimum absolute atomic E-state index is 0.133. The number of esters is 1. The average Bonchev–Trinajstić information content (AvgIpc) is 2.87. The Morgan fingerprint density at radius 1 is 1.58 bits per heavy atom. The quantitative estimate of drug-likeness (QED) is 0.786. The average molecular weight is 266 g/mol. The molecule has 1 aliphatic heterocycles. The van der Waals surface area contributed by atoms with Crippen LogP contribution >= 0.6 is 0 Å². The summed E-state index contributed by atoms with van der Waals surface area (Å²) in [4.78, 5) is 18.5. The van der Waals surface area contributed by atoms with E-state index in [2.05, 4.69) is 9.88 Å². The van der Waals surface area contributed by atoms with E-state index in [1.165, 1.54) is 6.39 Å². The summed E-state index contributed by atoms with van der Waals surface area (Å²) in [5, 5.41) is 0. The third kappa shape index (κ3) is 3.56. The maximum absolute atomic E-state index is 12.2. The first-order valence-corrected chi connectivity index (χ1v) is 6.73. The largest absolute Gasteiger partial charge is 0.459 e. The second-order valence-corrected chi connectivity index (χ2v) is 6.02. The van der Waals surface area contributed by atoms with Crippen LogP contribution < -0.4 is 0 Å². The summed E-state index contributed by atoms with van der Waals surface area (Å²) in [6.07, 6.45) is 3.32. The summed E-state index contributed by atoms with van der Waals surface area (Å²) < 4.78 is 10.7. The normalized spacial score (nSPS) is 20.7. The first kappa shape index (κ1) is 14.1. The zero-order valence-electron chi connectivity index (χ0n) is 12.1. The fraction of sp³-hybridized carbons (Fsp3) is 0.714. The topological polar surface area (TPSA) is 55.6 Å². The van der Waals surface area contributed by atoms with Crippen LogP contribution in [0.15, 0.2) is 10.8 Å². The first-order valence-electron chi connectivity index (χ1n) is 6.73. The van der Waals surface area contributed by atoms with Crippen molar-refractivity contribution in [1.82, 2.24) is 9.88 Å². The highest BCUT2D eigenvalue weighted by Gasteiger charge is 2.34. The Kier molecular flexibility index (Phi) is 3.94. The molecule has 106 valence electrons. The molecule has 19 heavy (non-hydrogen) atoms. The third-order valence-corrected chi connectivity index (χ3v) is 3.24. The van der Waals surface area contributed by atoms with Gasteiger partial charge in [-0.15, -0.1) is 0 Å². The van der Waals surface area contributed by atoms with E-state index in [9.17, 15) is 4.79 Å². The van der Waals surface area contributed by atoms with E-state index in [4.69, 9.17) is 9.15 Å². The lowest BCUT2D eigenvalue weighted by Crippen LogP contribution is -2.40. The van der Waals surface area contributed by atoms with E-state index < -0.39 is 5.60 Å². The predicted molar refractivity (Wildman–Crippen MR) is 70.5 cm³/mol. The van der Waals surface area contributed by atoms with Crippen molar-refractivity contribution in [3.8, 4) is 0 Å². The van der Waals surface area contributed by atoms with Gasteiger partial charge < -0.3 is 9.15 Å². The van der Waals surface area contributed by atoms with Crippen molar-refractivity contribution in [3.05, 3.63) is 17.8 Å². The molecule has 1 aromatic heterocycles. The zero-order chi connectivity index (χ0) is 14.0. The molecule has 0 bridgehead atoms. The summed E-state index contributed by atoms with van der Waals surface area (Å²) in [5.74, 6) is 0.681. The van der Waals surface area contributed by atoms with Gasteiger partial charge in [0.2, 0.25) is 0 Å². The molecule has 1 atom stereocenters. The van der Waals surface area contributed by atoms with Crippen LogP contribution in [-0.2, 0) is 16.1 Å². The number of aromatic nitrogens is 1. The number of hydrogen-bond donors (Lipinski definition) is 0. The molecule has 0 amide bonds. The highest BCUT2D eigenvalue weighted by molar-refractivity contribution is 5.76. The Bertz CT molecular complexity index is 448. The molecule has 5 heteroatoms. The standard InChI is InChI=1S/C14H22N2O3/c1-10-11(15-9-18-10)8-16-7-5-6-12(16)13(17)19-14(2,3)4/h9,12H,5-8H2,1-4H3/t12-/m1/s1. The van der Waals surface area contributed by atoms with Crippen LogP contribution in [0, 0.1) is 6.92 Å². The molecule has 2 rings (SSSR count).